The number of hydrogen-bond donors (Lipinski definition) is 2. The van der Waals surface area contributed by atoms with Gasteiger partial charge in [0, 0.05) is 18.3 Å². The average Bonchev–Trinajstić information content (AvgIpc) is 2.81. The van der Waals surface area contributed by atoms with E-state index in [1.54, 1.807) is 0 Å². The van der Waals surface area contributed by atoms with Crippen LogP contribution in [0.25, 0.3) is 0 Å². The molecule has 0 bridgehead atoms. The number of aromatic amines is 1. The average molecular weight is 261 g/mol. The Morgan fingerprint density at radius 2 is 2.26 bits per heavy atom. The van der Waals surface area contributed by atoms with Crippen LogP contribution in [0.1, 0.15) is 24.6 Å². The van der Waals surface area contributed by atoms with E-state index in [0.717, 1.165) is 30.9 Å². The molecule has 0 unspecified atom stereocenters. The zero-order valence-corrected chi connectivity index (χ0v) is 11.3. The Morgan fingerprint density at radius 1 is 1.37 bits per heavy atom. The minimum Gasteiger partial charge on any atom is -0.478 e. The molecule has 0 fully saturated rings. The van der Waals surface area contributed by atoms with Gasteiger partial charge in [0.1, 0.15) is 12.1 Å². The van der Waals surface area contributed by atoms with E-state index < -0.39 is 0 Å². The van der Waals surface area contributed by atoms with Gasteiger partial charge in [0.15, 0.2) is 0 Å². The van der Waals surface area contributed by atoms with Gasteiger partial charge in [-0.3, -0.25) is 5.10 Å². The fourth-order valence-corrected chi connectivity index (χ4v) is 1.79. The third-order valence-electron chi connectivity index (χ3n) is 2.80. The van der Waals surface area contributed by atoms with E-state index >= 15 is 0 Å². The number of hydrogen-bond acceptors (Lipinski definition) is 5. The van der Waals surface area contributed by atoms with Crippen LogP contribution in [0.2, 0.25) is 0 Å². The molecular weight excluding hydrogens is 242 g/mol. The molecule has 0 saturated heterocycles. The zero-order valence-electron chi connectivity index (χ0n) is 11.3. The molecule has 0 atom stereocenters. The Morgan fingerprint density at radius 3 is 3.00 bits per heavy atom. The van der Waals surface area contributed by atoms with Crippen LogP contribution < -0.4 is 10.1 Å². The lowest BCUT2D eigenvalue weighted by Gasteiger charge is -2.06. The Labute approximate surface area is 112 Å². The largest absolute Gasteiger partial charge is 0.478 e. The van der Waals surface area contributed by atoms with E-state index in [4.69, 9.17) is 4.74 Å². The molecule has 6 nitrogen and oxygen atoms in total. The molecule has 102 valence electrons. The van der Waals surface area contributed by atoms with Gasteiger partial charge in [-0.05, 0) is 32.3 Å². The van der Waals surface area contributed by atoms with Crippen molar-refractivity contribution in [3.05, 3.63) is 29.8 Å². The van der Waals surface area contributed by atoms with Crippen LogP contribution in [0.5, 0.6) is 5.88 Å². The summed E-state index contributed by atoms with van der Waals surface area (Å²) in [6, 6.07) is 1.81. The number of nitrogens with one attached hydrogen (secondary N) is 2. The Balaban J connectivity index is 1.76. The minimum atomic E-state index is 0.602. The molecule has 0 amide bonds. The van der Waals surface area contributed by atoms with E-state index in [1.807, 2.05) is 26.1 Å². The summed E-state index contributed by atoms with van der Waals surface area (Å²) < 4.78 is 5.32. The molecule has 0 aliphatic rings. The van der Waals surface area contributed by atoms with Crippen molar-refractivity contribution in [2.24, 2.45) is 0 Å². The maximum Gasteiger partial charge on any atom is 0.218 e. The molecule has 2 heterocycles. The topological polar surface area (TPSA) is 75.7 Å². The minimum absolute atomic E-state index is 0.602. The maximum atomic E-state index is 5.32. The van der Waals surface area contributed by atoms with E-state index in [1.165, 1.54) is 11.9 Å². The lowest BCUT2D eigenvalue weighted by Crippen LogP contribution is -2.05. The first-order valence-corrected chi connectivity index (χ1v) is 6.47. The molecular formula is C13H19N5O. The number of H-pyrrole nitrogens is 1. The smallest absolute Gasteiger partial charge is 0.218 e. The number of aryl methyl sites for hydroxylation is 2. The first kappa shape index (κ1) is 13.3. The molecule has 2 aromatic heterocycles. The van der Waals surface area contributed by atoms with Crippen molar-refractivity contribution in [3.63, 3.8) is 0 Å². The summed E-state index contributed by atoms with van der Waals surface area (Å²) in [4.78, 5) is 8.18. The highest BCUT2D eigenvalue weighted by Crippen LogP contribution is 2.11. The highest BCUT2D eigenvalue weighted by molar-refractivity contribution is 5.36. The predicted molar refractivity (Wildman–Crippen MR) is 73.3 cm³/mol. The van der Waals surface area contributed by atoms with Crippen LogP contribution in [0.4, 0.5) is 5.82 Å². The fraction of sp³-hybridized carbons (Fsp3) is 0.462. The SMILES string of the molecule is CCOc1cc(NCCCc2cn[nH]c2C)ncn1. The monoisotopic (exact) mass is 261 g/mol. The Kier molecular flexibility index (Phi) is 4.72. The lowest BCUT2D eigenvalue weighted by atomic mass is 10.1. The number of anilines is 1. The van der Waals surface area contributed by atoms with Gasteiger partial charge < -0.3 is 10.1 Å². The molecule has 19 heavy (non-hydrogen) atoms. The van der Waals surface area contributed by atoms with Gasteiger partial charge in [0.2, 0.25) is 5.88 Å². The number of ether oxygens (including phenoxy) is 1. The molecule has 0 aromatic carbocycles. The highest BCUT2D eigenvalue weighted by atomic mass is 16.5. The summed E-state index contributed by atoms with van der Waals surface area (Å²) in [6.07, 6.45) is 5.41. The summed E-state index contributed by atoms with van der Waals surface area (Å²) in [5.41, 5.74) is 2.40. The van der Waals surface area contributed by atoms with E-state index in [0.29, 0.717) is 12.5 Å². The maximum absolute atomic E-state index is 5.32. The molecule has 2 rings (SSSR count). The standard InChI is InChI=1S/C13H19N5O/c1-3-19-13-7-12(15-9-16-13)14-6-4-5-11-8-17-18-10(11)2/h7-9H,3-6H2,1-2H3,(H,17,18)(H,14,15,16). The van der Waals surface area contributed by atoms with Crippen LogP contribution in [0, 0.1) is 6.92 Å². The van der Waals surface area contributed by atoms with Crippen LogP contribution in [-0.4, -0.2) is 33.3 Å². The summed E-state index contributed by atoms with van der Waals surface area (Å²) >= 11 is 0. The van der Waals surface area contributed by atoms with Gasteiger partial charge in [-0.25, -0.2) is 9.97 Å². The van der Waals surface area contributed by atoms with Gasteiger partial charge in [-0.15, -0.1) is 0 Å². The number of aromatic nitrogens is 4. The number of rotatable bonds is 7. The predicted octanol–water partition coefficient (Wildman–Crippen LogP) is 1.95. The second kappa shape index (κ2) is 6.72. The van der Waals surface area contributed by atoms with E-state index in [9.17, 15) is 0 Å². The summed E-state index contributed by atoms with van der Waals surface area (Å²) in [5.74, 6) is 1.40. The molecule has 0 aliphatic heterocycles. The van der Waals surface area contributed by atoms with E-state index in [-0.39, 0.29) is 0 Å². The van der Waals surface area contributed by atoms with Crippen molar-refractivity contribution in [3.8, 4) is 5.88 Å². The second-order valence-corrected chi connectivity index (χ2v) is 4.23. The fourth-order valence-electron chi connectivity index (χ4n) is 1.79. The molecule has 0 aliphatic carbocycles. The lowest BCUT2D eigenvalue weighted by molar-refractivity contribution is 0.326. The van der Waals surface area contributed by atoms with Crippen LogP contribution in [0.15, 0.2) is 18.6 Å². The van der Waals surface area contributed by atoms with E-state index in [2.05, 4.69) is 25.5 Å². The molecule has 2 aromatic rings. The number of nitrogens with zero attached hydrogens (tertiary/aromatic N) is 3. The zero-order chi connectivity index (χ0) is 13.5. The Hall–Kier alpha value is -2.11. The molecule has 6 heteroatoms. The molecule has 2 N–H and O–H groups in total. The van der Waals surface area contributed by atoms with Crippen molar-refractivity contribution >= 4 is 5.82 Å². The van der Waals surface area contributed by atoms with Gasteiger partial charge in [-0.2, -0.15) is 5.10 Å². The van der Waals surface area contributed by atoms with Crippen LogP contribution >= 0.6 is 0 Å². The van der Waals surface area contributed by atoms with Gasteiger partial charge in [-0.1, -0.05) is 0 Å². The molecule has 0 spiro atoms. The second-order valence-electron chi connectivity index (χ2n) is 4.23. The summed E-state index contributed by atoms with van der Waals surface area (Å²) in [6.45, 7) is 5.43. The van der Waals surface area contributed by atoms with Crippen LogP contribution in [0.3, 0.4) is 0 Å². The summed E-state index contributed by atoms with van der Waals surface area (Å²) in [7, 11) is 0. The molecule has 0 radical (unpaired) electrons. The van der Waals surface area contributed by atoms with Crippen molar-refractivity contribution in [2.75, 3.05) is 18.5 Å². The van der Waals surface area contributed by atoms with Crippen molar-refractivity contribution in [1.82, 2.24) is 20.2 Å². The third-order valence-corrected chi connectivity index (χ3v) is 2.80. The molecule has 0 saturated carbocycles. The van der Waals surface area contributed by atoms with Crippen LogP contribution in [-0.2, 0) is 6.42 Å². The van der Waals surface area contributed by atoms with Gasteiger partial charge in [0.25, 0.3) is 0 Å². The van der Waals surface area contributed by atoms with Gasteiger partial charge >= 0.3 is 0 Å². The first-order chi connectivity index (χ1) is 9.29. The van der Waals surface area contributed by atoms with Gasteiger partial charge in [0.05, 0.1) is 12.8 Å². The Bertz CT molecular complexity index is 511. The normalized spacial score (nSPS) is 10.4. The van der Waals surface area contributed by atoms with Crippen molar-refractivity contribution in [1.29, 1.82) is 0 Å². The van der Waals surface area contributed by atoms with Crippen molar-refractivity contribution in [2.45, 2.75) is 26.7 Å². The van der Waals surface area contributed by atoms with Crippen molar-refractivity contribution < 1.29 is 4.74 Å². The summed E-state index contributed by atoms with van der Waals surface area (Å²) in [5, 5.41) is 10.2. The third kappa shape index (κ3) is 3.94. The first-order valence-electron chi connectivity index (χ1n) is 6.47. The highest BCUT2D eigenvalue weighted by Gasteiger charge is 2.01. The quantitative estimate of drug-likeness (QED) is 0.745.